The third-order valence-electron chi connectivity index (χ3n) is 2.12. The second-order valence-corrected chi connectivity index (χ2v) is 6.28. The molecule has 2 aromatic rings. The molecule has 0 aliphatic heterocycles. The molecular formula is C12H13BrClN3O2. The van der Waals surface area contributed by atoms with E-state index in [1.54, 1.807) is 43.5 Å². The summed E-state index contributed by atoms with van der Waals surface area (Å²) in [4.78, 5) is 15.9. The van der Waals surface area contributed by atoms with Crippen LogP contribution in [0.5, 0.6) is 0 Å². The van der Waals surface area contributed by atoms with Gasteiger partial charge in [-0.15, -0.1) is 0 Å². The Hall–Kier alpha value is -1.27. The number of hydrogen-bond donors (Lipinski definition) is 1. The molecular weight excluding hydrogens is 334 g/mol. The van der Waals surface area contributed by atoms with Crippen molar-refractivity contribution in [1.82, 2.24) is 9.38 Å². The van der Waals surface area contributed by atoms with Crippen LogP contribution in [0.3, 0.4) is 0 Å². The molecule has 2 heterocycles. The molecule has 19 heavy (non-hydrogen) atoms. The SMILES string of the molecule is CC(C)(C)OC(=O)Nc1cn2c(Cl)cc(Br)cc2n1. The fourth-order valence-corrected chi connectivity index (χ4v) is 2.29. The third kappa shape index (κ3) is 3.61. The van der Waals surface area contributed by atoms with Crippen molar-refractivity contribution in [3.05, 3.63) is 28.0 Å². The number of imidazole rings is 1. The number of ether oxygens (including phenoxy) is 1. The van der Waals surface area contributed by atoms with Crippen LogP contribution >= 0.6 is 27.5 Å². The van der Waals surface area contributed by atoms with Crippen LogP contribution in [-0.2, 0) is 4.74 Å². The number of nitrogens with one attached hydrogen (secondary N) is 1. The van der Waals surface area contributed by atoms with Crippen LogP contribution in [0.25, 0.3) is 5.65 Å². The summed E-state index contributed by atoms with van der Waals surface area (Å²) in [5.74, 6) is 0.384. The van der Waals surface area contributed by atoms with Crippen molar-refractivity contribution < 1.29 is 9.53 Å². The Morgan fingerprint density at radius 1 is 1.47 bits per heavy atom. The smallest absolute Gasteiger partial charge is 0.413 e. The minimum Gasteiger partial charge on any atom is -0.444 e. The van der Waals surface area contributed by atoms with Gasteiger partial charge in [-0.05, 0) is 32.9 Å². The monoisotopic (exact) mass is 345 g/mol. The summed E-state index contributed by atoms with van der Waals surface area (Å²) in [5, 5.41) is 3.06. The highest BCUT2D eigenvalue weighted by molar-refractivity contribution is 9.10. The summed E-state index contributed by atoms with van der Waals surface area (Å²) in [6.45, 7) is 5.39. The number of hydrogen-bond acceptors (Lipinski definition) is 3. The van der Waals surface area contributed by atoms with Crippen LogP contribution in [-0.4, -0.2) is 21.1 Å². The maximum Gasteiger partial charge on any atom is 0.413 e. The summed E-state index contributed by atoms with van der Waals surface area (Å²) < 4.78 is 7.63. The predicted octanol–water partition coefficient (Wildman–Crippen LogP) is 4.10. The van der Waals surface area contributed by atoms with Gasteiger partial charge in [0.1, 0.15) is 16.4 Å². The normalized spacial score (nSPS) is 11.6. The van der Waals surface area contributed by atoms with Gasteiger partial charge in [0.15, 0.2) is 5.82 Å². The second-order valence-electron chi connectivity index (χ2n) is 4.98. The van der Waals surface area contributed by atoms with Gasteiger partial charge in [-0.1, -0.05) is 27.5 Å². The summed E-state index contributed by atoms with van der Waals surface area (Å²) in [5.41, 5.74) is 0.0784. The lowest BCUT2D eigenvalue weighted by Crippen LogP contribution is -2.27. The lowest BCUT2D eigenvalue weighted by Gasteiger charge is -2.18. The van der Waals surface area contributed by atoms with E-state index in [-0.39, 0.29) is 0 Å². The minimum atomic E-state index is -0.552. The number of amides is 1. The molecule has 0 saturated heterocycles. The quantitative estimate of drug-likeness (QED) is 0.791. The Morgan fingerprint density at radius 2 is 2.16 bits per heavy atom. The van der Waals surface area contributed by atoms with E-state index in [1.807, 2.05) is 0 Å². The van der Waals surface area contributed by atoms with E-state index >= 15 is 0 Å². The Kier molecular flexibility index (Phi) is 3.73. The van der Waals surface area contributed by atoms with E-state index in [2.05, 4.69) is 26.2 Å². The van der Waals surface area contributed by atoms with Crippen LogP contribution in [0.2, 0.25) is 5.15 Å². The molecule has 0 bridgehead atoms. The van der Waals surface area contributed by atoms with E-state index in [9.17, 15) is 4.79 Å². The highest BCUT2D eigenvalue weighted by Crippen LogP contribution is 2.22. The van der Waals surface area contributed by atoms with Crippen LogP contribution in [0.15, 0.2) is 22.8 Å². The largest absolute Gasteiger partial charge is 0.444 e. The van der Waals surface area contributed by atoms with Gasteiger partial charge in [-0.2, -0.15) is 0 Å². The molecule has 2 rings (SSSR count). The van der Waals surface area contributed by atoms with Gasteiger partial charge < -0.3 is 4.74 Å². The van der Waals surface area contributed by atoms with Gasteiger partial charge in [0, 0.05) is 4.47 Å². The van der Waals surface area contributed by atoms with Crippen LogP contribution in [0, 0.1) is 0 Å². The van der Waals surface area contributed by atoms with Crippen molar-refractivity contribution in [3.8, 4) is 0 Å². The van der Waals surface area contributed by atoms with E-state index < -0.39 is 11.7 Å². The molecule has 102 valence electrons. The van der Waals surface area contributed by atoms with E-state index in [4.69, 9.17) is 16.3 Å². The molecule has 0 atom stereocenters. The molecule has 0 aliphatic carbocycles. The predicted molar refractivity (Wildman–Crippen MR) is 77.8 cm³/mol. The molecule has 0 aliphatic rings. The molecule has 0 fully saturated rings. The Labute approximate surface area is 124 Å². The number of nitrogens with zero attached hydrogens (tertiary/aromatic N) is 2. The van der Waals surface area contributed by atoms with E-state index in [0.29, 0.717) is 16.6 Å². The van der Waals surface area contributed by atoms with Crippen molar-refractivity contribution in [1.29, 1.82) is 0 Å². The average Bonchev–Trinajstić information content (AvgIpc) is 2.56. The summed E-state index contributed by atoms with van der Waals surface area (Å²) in [6, 6.07) is 3.54. The number of rotatable bonds is 1. The first-order chi connectivity index (χ1) is 8.74. The summed E-state index contributed by atoms with van der Waals surface area (Å²) in [7, 11) is 0. The van der Waals surface area contributed by atoms with Crippen LogP contribution < -0.4 is 5.32 Å². The number of carbonyl (C=O) groups excluding carboxylic acids is 1. The molecule has 0 spiro atoms. The highest BCUT2D eigenvalue weighted by Gasteiger charge is 2.17. The molecule has 7 heteroatoms. The maximum absolute atomic E-state index is 11.6. The topological polar surface area (TPSA) is 55.6 Å². The Balaban J connectivity index is 2.23. The van der Waals surface area contributed by atoms with Crippen molar-refractivity contribution in [2.24, 2.45) is 0 Å². The fourth-order valence-electron chi connectivity index (χ4n) is 1.48. The molecule has 0 aromatic carbocycles. The first-order valence-electron chi connectivity index (χ1n) is 5.59. The van der Waals surface area contributed by atoms with Gasteiger partial charge in [0.25, 0.3) is 0 Å². The average molecular weight is 347 g/mol. The maximum atomic E-state index is 11.6. The Bertz CT molecular complexity index is 634. The lowest BCUT2D eigenvalue weighted by molar-refractivity contribution is 0.0635. The number of halogens is 2. The molecule has 1 amide bonds. The van der Waals surface area contributed by atoms with Gasteiger partial charge in [0.05, 0.1) is 6.20 Å². The van der Waals surface area contributed by atoms with Crippen molar-refractivity contribution in [3.63, 3.8) is 0 Å². The number of aromatic nitrogens is 2. The van der Waals surface area contributed by atoms with Gasteiger partial charge in [-0.25, -0.2) is 9.78 Å². The van der Waals surface area contributed by atoms with Crippen molar-refractivity contribution in [2.75, 3.05) is 5.32 Å². The second kappa shape index (κ2) is 5.02. The lowest BCUT2D eigenvalue weighted by atomic mass is 10.2. The molecule has 0 saturated carbocycles. The number of anilines is 1. The zero-order valence-electron chi connectivity index (χ0n) is 10.7. The zero-order valence-corrected chi connectivity index (χ0v) is 13.0. The van der Waals surface area contributed by atoms with E-state index in [0.717, 1.165) is 4.47 Å². The fraction of sp³-hybridized carbons (Fsp3) is 0.333. The van der Waals surface area contributed by atoms with E-state index in [1.165, 1.54) is 0 Å². The van der Waals surface area contributed by atoms with Gasteiger partial charge in [-0.3, -0.25) is 9.72 Å². The van der Waals surface area contributed by atoms with Crippen molar-refractivity contribution in [2.45, 2.75) is 26.4 Å². The summed E-state index contributed by atoms with van der Waals surface area (Å²) >= 11 is 9.40. The van der Waals surface area contributed by atoms with Crippen LogP contribution in [0.4, 0.5) is 10.6 Å². The number of carbonyl (C=O) groups is 1. The first kappa shape index (κ1) is 14.1. The standard InChI is InChI=1S/C12H13BrClN3O2/c1-12(2,3)19-11(18)16-9-6-17-8(14)4-7(13)5-10(17)15-9/h4-6H,1-3H3,(H,16,18). The van der Waals surface area contributed by atoms with Gasteiger partial charge >= 0.3 is 6.09 Å². The molecule has 5 nitrogen and oxygen atoms in total. The first-order valence-corrected chi connectivity index (χ1v) is 6.76. The Morgan fingerprint density at radius 3 is 2.79 bits per heavy atom. The molecule has 2 aromatic heterocycles. The molecule has 0 unspecified atom stereocenters. The van der Waals surface area contributed by atoms with Crippen molar-refractivity contribution >= 4 is 45.1 Å². The third-order valence-corrected chi connectivity index (χ3v) is 2.87. The zero-order chi connectivity index (χ0) is 14.2. The molecule has 0 radical (unpaired) electrons. The van der Waals surface area contributed by atoms with Crippen LogP contribution in [0.1, 0.15) is 20.8 Å². The number of fused-ring (bicyclic) bond motifs is 1. The highest BCUT2D eigenvalue weighted by atomic mass is 79.9. The minimum absolute atomic E-state index is 0.384. The summed E-state index contributed by atoms with van der Waals surface area (Å²) in [6.07, 6.45) is 1.08. The van der Waals surface area contributed by atoms with Gasteiger partial charge in [0.2, 0.25) is 0 Å². The number of pyridine rings is 1. The molecule has 1 N–H and O–H groups in total.